The van der Waals surface area contributed by atoms with Gasteiger partial charge in [0.15, 0.2) is 0 Å². The molecule has 0 aromatic carbocycles. The van der Waals surface area contributed by atoms with E-state index in [9.17, 15) is 33.6 Å². The molecule has 116 heavy (non-hydrogen) atoms. The maximum absolute atomic E-state index is 11.6. The molecular formula is C90H126BBr6ClN6O12. The predicted octanol–water partition coefficient (Wildman–Crippen LogP) is 25.9. The molecule has 12 atom stereocenters. The van der Waals surface area contributed by atoms with Crippen LogP contribution in [-0.2, 0) is 42.9 Å². The topological polar surface area (TPSA) is 275 Å². The van der Waals surface area contributed by atoms with E-state index in [1.165, 1.54) is 74.1 Å². The SMILES string of the molecule is C.C.C.CC(C)(C)OC(=O)N[C@H]1C[C@@H]1C1=CC=C(Br)C1.CCB(C)C.CCC1=CC=C([C@H]2C[C@@H]2N)C1.CCC1=CC=C([C@H]2C[C@@H]2NC(=O)OC(C)(C)C)C1.CCOC(=O)/C=C/C1=CC=C(Br)C1.CCOC(=O)[C@H]1C[C@@H]1C1=CC=C(Br)C1.Cl.O=C(O)[C@H]1C[C@@H]1C1=CC=C(Br)C1.O=CC1=CC=C(Br)C1.[N-]=[N+]=NC(=O)[C@H]1C[C@@H]1C1=CC=C(Br)C1. The van der Waals surface area contributed by atoms with Crippen LogP contribution in [0.4, 0.5) is 9.59 Å². The van der Waals surface area contributed by atoms with E-state index in [0.717, 1.165) is 131 Å². The molecule has 6 fully saturated rings. The van der Waals surface area contributed by atoms with Gasteiger partial charge in [-0.15, -0.1) is 12.4 Å². The second-order valence-corrected chi connectivity index (χ2v) is 38.2. The first kappa shape index (κ1) is 106. The van der Waals surface area contributed by atoms with Gasteiger partial charge in [0.05, 0.1) is 25.0 Å². The molecule has 3 amide bonds. The number of allylic oxidation sites excluding steroid dienone is 30. The molecule has 18 nitrogen and oxygen atoms in total. The third kappa shape index (κ3) is 39.3. The number of rotatable bonds is 19. The summed E-state index contributed by atoms with van der Waals surface area (Å²) < 4.78 is 27.2. The number of ether oxygens (including phenoxy) is 4. The molecule has 0 heterocycles. The average molecular weight is 2010 g/mol. The number of aliphatic carboxylic acids is 1. The van der Waals surface area contributed by atoms with Gasteiger partial charge in [-0.2, -0.15) is 0 Å². The minimum atomic E-state index is -0.649. The molecule has 14 aliphatic rings. The van der Waals surface area contributed by atoms with Crippen LogP contribution >= 0.6 is 108 Å². The van der Waals surface area contributed by atoms with Gasteiger partial charge in [0, 0.05) is 85.4 Å². The summed E-state index contributed by atoms with van der Waals surface area (Å²) in [6.07, 6.45) is 53.9. The Labute approximate surface area is 749 Å². The summed E-state index contributed by atoms with van der Waals surface area (Å²) in [5.74, 6) is 1.49. The number of nitrogens with zero attached hydrogens (tertiary/aromatic N) is 3. The van der Waals surface area contributed by atoms with E-state index in [1.54, 1.807) is 24.1 Å². The van der Waals surface area contributed by atoms with E-state index in [-0.39, 0.29) is 94.6 Å². The fourth-order valence-electron chi connectivity index (χ4n) is 12.9. The quantitative estimate of drug-likeness (QED) is 0.0137. The number of alkyl carbamates (subject to hydrolysis) is 2. The number of halogens is 7. The normalized spacial score (nSPS) is 25.2. The zero-order valence-electron chi connectivity index (χ0n) is 67.4. The van der Waals surface area contributed by atoms with Crippen LogP contribution in [-0.4, -0.2) is 96.6 Å². The largest absolute Gasteiger partial charge is 0.481 e. The van der Waals surface area contributed by atoms with E-state index >= 15 is 0 Å². The van der Waals surface area contributed by atoms with Gasteiger partial charge < -0.3 is 40.4 Å². The molecule has 0 aromatic heterocycles. The lowest BCUT2D eigenvalue weighted by atomic mass is 9.53. The number of nitrogens with two attached hydrogens (primary N) is 1. The molecule has 0 aliphatic heterocycles. The predicted molar refractivity (Wildman–Crippen MR) is 499 cm³/mol. The monoisotopic (exact) mass is 2000 g/mol. The minimum Gasteiger partial charge on any atom is -0.481 e. The fraction of sp³-hybridized carbons (Fsp3) is 0.544. The highest BCUT2D eigenvalue weighted by molar-refractivity contribution is 9.12. The van der Waals surface area contributed by atoms with E-state index < -0.39 is 17.2 Å². The average Bonchev–Trinajstić information content (AvgIpc) is 1.66. The van der Waals surface area contributed by atoms with Crippen molar-refractivity contribution in [3.63, 3.8) is 0 Å². The van der Waals surface area contributed by atoms with Gasteiger partial charge in [0.25, 0.3) is 0 Å². The summed E-state index contributed by atoms with van der Waals surface area (Å²) >= 11 is 20.4. The number of amides is 3. The maximum atomic E-state index is 11.6. The van der Waals surface area contributed by atoms with Crippen molar-refractivity contribution in [2.75, 3.05) is 13.2 Å². The number of esters is 2. The van der Waals surface area contributed by atoms with Crippen LogP contribution in [0.5, 0.6) is 0 Å². The van der Waals surface area contributed by atoms with Crippen molar-refractivity contribution < 1.29 is 57.6 Å². The molecule has 0 unspecified atom stereocenters. The summed E-state index contributed by atoms with van der Waals surface area (Å²) in [4.78, 5) is 79.7. The van der Waals surface area contributed by atoms with Gasteiger partial charge in [-0.25, -0.2) is 14.4 Å². The fourth-order valence-corrected chi connectivity index (χ4v) is 15.7. The Hall–Kier alpha value is -5.63. The van der Waals surface area contributed by atoms with Gasteiger partial charge in [0.2, 0.25) is 5.91 Å². The van der Waals surface area contributed by atoms with Crippen molar-refractivity contribution >= 4 is 157 Å². The molecule has 14 rings (SSSR count). The van der Waals surface area contributed by atoms with Crippen LogP contribution in [0.3, 0.4) is 0 Å². The van der Waals surface area contributed by atoms with Crippen molar-refractivity contribution in [1.29, 1.82) is 0 Å². The van der Waals surface area contributed by atoms with E-state index in [0.29, 0.717) is 48.8 Å². The van der Waals surface area contributed by atoms with Crippen LogP contribution in [0.1, 0.15) is 201 Å². The van der Waals surface area contributed by atoms with Crippen LogP contribution in [0, 0.1) is 53.3 Å². The summed E-state index contributed by atoms with van der Waals surface area (Å²) in [7, 11) is 0. The molecule has 14 aliphatic carbocycles. The number of carbonyl (C=O) groups excluding carboxylic acids is 6. The van der Waals surface area contributed by atoms with Gasteiger partial charge in [-0.05, 0) is 192 Å². The maximum Gasteiger partial charge on any atom is 0.407 e. The summed E-state index contributed by atoms with van der Waals surface area (Å²) in [5.41, 5.74) is 26.4. The van der Waals surface area contributed by atoms with Gasteiger partial charge >= 0.3 is 30.1 Å². The Morgan fingerprint density at radius 2 is 0.853 bits per heavy atom. The van der Waals surface area contributed by atoms with Crippen molar-refractivity contribution in [1.82, 2.24) is 10.6 Å². The number of hydrogen-bond acceptors (Lipinski definition) is 12. The highest BCUT2D eigenvalue weighted by atomic mass is 79.9. The van der Waals surface area contributed by atoms with Crippen LogP contribution in [0.15, 0.2) is 197 Å². The van der Waals surface area contributed by atoms with Crippen LogP contribution < -0.4 is 16.4 Å². The first-order valence-electron chi connectivity index (χ1n) is 39.1. The summed E-state index contributed by atoms with van der Waals surface area (Å²) in [5, 5.41) is 17.7. The number of aldehydes is 1. The highest BCUT2D eigenvalue weighted by Crippen LogP contribution is 2.52. The number of hydrogen-bond donors (Lipinski definition) is 4. The zero-order valence-corrected chi connectivity index (χ0v) is 77.8. The molecule has 6 saturated carbocycles. The third-order valence-electron chi connectivity index (χ3n) is 20.1. The Balaban J connectivity index is 0.000000447. The van der Waals surface area contributed by atoms with Crippen molar-refractivity contribution in [3.8, 4) is 0 Å². The first-order valence-corrected chi connectivity index (χ1v) is 43.9. The van der Waals surface area contributed by atoms with Gasteiger partial charge in [0.1, 0.15) is 24.2 Å². The van der Waals surface area contributed by atoms with Gasteiger partial charge in [-0.1, -0.05) is 306 Å². The molecule has 0 saturated heterocycles. The number of nitrogens with one attached hydrogen (secondary N) is 2. The van der Waals surface area contributed by atoms with Crippen molar-refractivity contribution in [3.05, 3.63) is 202 Å². The van der Waals surface area contributed by atoms with E-state index in [4.69, 9.17) is 35.3 Å². The molecule has 0 bridgehead atoms. The number of carboxylic acids is 1. The van der Waals surface area contributed by atoms with Gasteiger partial charge in [-0.3, -0.25) is 19.2 Å². The summed E-state index contributed by atoms with van der Waals surface area (Å²) in [6, 6.07) is 1.00. The molecule has 0 radical (unpaired) electrons. The van der Waals surface area contributed by atoms with E-state index in [1.807, 2.05) is 97.1 Å². The molecule has 640 valence electrons. The number of carbonyl (C=O) groups is 7. The summed E-state index contributed by atoms with van der Waals surface area (Å²) in [6.45, 7) is 27.7. The smallest absolute Gasteiger partial charge is 0.407 e. The number of azide groups is 1. The minimum absolute atomic E-state index is 0. The molecule has 5 N–H and O–H groups in total. The lowest BCUT2D eigenvalue weighted by Crippen LogP contribution is -2.34. The van der Waals surface area contributed by atoms with E-state index in [2.05, 4.69) is 199 Å². The molecule has 0 spiro atoms. The standard InChI is InChI=1S/C15H23NO2.C13H18BrNO2.C11H13BrO2.C10H11BrO2.C10H15N.C9H8BrN3O.C9H9BrO2.C6H5BrO.C4H11B.3CH4.ClH/c1-5-10-6-7-11(8-10)12-9-13(12)16-14(17)18-15(2,3)4;1-13(2,3)17-12(16)15-11-7-10(11)8-4-5-9(14)6-8;1-2-14-11(13)10-6-9(10)7-3-4-8(12)5-7;1-2-13-10(12)6-4-8-3-5-9(11)7-8;1-2-7-3-4-8(5-7)9-6-10(9)11;10-6-2-1-5(3-6)7-4-8(7)9(14)12-13-11;10-6-2-1-5(3-6)7-4-8(7)9(11)12;7-6-2-1-5(3-6)4-8;1-4-5(2)3;;;;/h6-7,12-13H,5,8-9H2,1-4H3,(H,16,17);4-5,10-11H,6-7H2,1-3H3,(H,15,16);3-4,9-10H,2,5-6H2,1H3;3-6H,2,7H2,1H3;3-4,9-10H,2,5-6,11H2,1H3;1-2,7-8H,3-4H2;1-2,7-8H,3-4H2,(H,11,12);1-2,4H,3H2;4H2,1-3H3;3*1H4;1H/b;;;6-4+;;;;;;;;;/t12-,13+;10-,11+;9-,10+;;9-,10+;2*7-,8+;;;;;;/m111.111....../s1. The Morgan fingerprint density at radius 3 is 1.16 bits per heavy atom. The number of carboxylic acid groups (broad SMARTS) is 1. The van der Waals surface area contributed by atoms with Crippen molar-refractivity contribution in [2.24, 2.45) is 64.1 Å². The second-order valence-electron chi connectivity index (χ2n) is 32.1. The molecule has 0 aromatic rings. The van der Waals surface area contributed by atoms with Crippen molar-refractivity contribution in [2.45, 2.75) is 250 Å². The van der Waals surface area contributed by atoms with Crippen LogP contribution in [0.25, 0.3) is 10.4 Å². The van der Waals surface area contributed by atoms with Crippen LogP contribution in [0.2, 0.25) is 20.0 Å². The lowest BCUT2D eigenvalue weighted by molar-refractivity contribution is -0.145. The molecular weight excluding hydrogens is 1880 g/mol. The Kier molecular flexibility index (Phi) is 47.6. The lowest BCUT2D eigenvalue weighted by Gasteiger charge is -2.19. The Bertz CT molecular complexity index is 4080. The molecule has 26 heteroatoms. The third-order valence-corrected chi connectivity index (χ3v) is 23.3. The zero-order chi connectivity index (χ0) is 82.7. The highest BCUT2D eigenvalue weighted by Gasteiger charge is 2.48. The Morgan fingerprint density at radius 1 is 0.509 bits per heavy atom. The second kappa shape index (κ2) is 51.9. The first-order chi connectivity index (χ1) is 53.0.